The summed E-state index contributed by atoms with van der Waals surface area (Å²) in [5.41, 5.74) is 7.11. The van der Waals surface area contributed by atoms with E-state index in [1.165, 1.54) is 15.6 Å². The summed E-state index contributed by atoms with van der Waals surface area (Å²) in [4.78, 5) is 3.01. The number of thiocarbonyl (C=S) groups is 1. The topological polar surface area (TPSA) is 29.3 Å². The summed E-state index contributed by atoms with van der Waals surface area (Å²) >= 11 is 6.88. The third-order valence-corrected chi connectivity index (χ3v) is 4.83. The van der Waals surface area contributed by atoms with E-state index in [1.807, 2.05) is 11.3 Å². The number of hydrogen-bond donors (Lipinski definition) is 1. The predicted molar refractivity (Wildman–Crippen MR) is 88.7 cm³/mol. The minimum Gasteiger partial charge on any atom is -0.393 e. The van der Waals surface area contributed by atoms with Crippen molar-refractivity contribution in [2.24, 2.45) is 11.7 Å². The van der Waals surface area contributed by atoms with Gasteiger partial charge < -0.3 is 5.73 Å². The van der Waals surface area contributed by atoms with Crippen molar-refractivity contribution in [3.8, 4) is 0 Å². The molecule has 1 aromatic heterocycles. The van der Waals surface area contributed by atoms with E-state index in [4.69, 9.17) is 18.0 Å². The number of nitrogens with zero attached hydrogens (tertiary/aromatic N) is 1. The quantitative estimate of drug-likeness (QED) is 0.824. The molecule has 1 heterocycles. The zero-order valence-electron chi connectivity index (χ0n) is 11.4. The number of nitrogens with two attached hydrogens (primary N) is 1. The van der Waals surface area contributed by atoms with Gasteiger partial charge in [-0.2, -0.15) is 0 Å². The fraction of sp³-hybridized carbons (Fsp3) is 0.400. The van der Waals surface area contributed by atoms with Gasteiger partial charge in [0.2, 0.25) is 0 Å². The Bertz CT molecular complexity index is 562. The summed E-state index contributed by atoms with van der Waals surface area (Å²) in [6.07, 6.45) is 0. The zero-order chi connectivity index (χ0) is 13.8. The molecule has 1 atom stereocenters. The van der Waals surface area contributed by atoms with Crippen LogP contribution in [0.25, 0.3) is 10.1 Å². The SMILES string of the molecule is CCN(Cc1csc2ccccc12)CC(C)C(N)=S. The molecule has 0 aliphatic carbocycles. The van der Waals surface area contributed by atoms with Crippen LogP contribution in [0.15, 0.2) is 29.6 Å². The van der Waals surface area contributed by atoms with Gasteiger partial charge in [0.15, 0.2) is 0 Å². The summed E-state index contributed by atoms with van der Waals surface area (Å²) in [5, 5.41) is 3.63. The van der Waals surface area contributed by atoms with Gasteiger partial charge in [0.25, 0.3) is 0 Å². The molecular weight excluding hydrogens is 272 g/mol. The summed E-state index contributed by atoms with van der Waals surface area (Å²) in [7, 11) is 0. The Morgan fingerprint density at radius 1 is 1.42 bits per heavy atom. The molecule has 0 radical (unpaired) electrons. The zero-order valence-corrected chi connectivity index (χ0v) is 13.1. The van der Waals surface area contributed by atoms with Crippen LogP contribution < -0.4 is 5.73 Å². The molecule has 0 spiro atoms. The van der Waals surface area contributed by atoms with Crippen LogP contribution in [0.4, 0.5) is 0 Å². The number of hydrogen-bond acceptors (Lipinski definition) is 3. The van der Waals surface area contributed by atoms with Gasteiger partial charge in [-0.05, 0) is 28.9 Å². The largest absolute Gasteiger partial charge is 0.393 e. The normalized spacial score (nSPS) is 13.0. The molecule has 0 aliphatic heterocycles. The Hall–Kier alpha value is -0.970. The molecule has 2 aromatic rings. The van der Waals surface area contributed by atoms with E-state index in [9.17, 15) is 0 Å². The second-order valence-corrected chi connectivity index (χ2v) is 6.27. The maximum absolute atomic E-state index is 5.71. The van der Waals surface area contributed by atoms with Gasteiger partial charge in [-0.3, -0.25) is 4.90 Å². The van der Waals surface area contributed by atoms with Gasteiger partial charge in [-0.1, -0.05) is 44.3 Å². The molecule has 1 aromatic carbocycles. The third kappa shape index (κ3) is 3.53. The van der Waals surface area contributed by atoms with Crippen LogP contribution in [-0.4, -0.2) is 23.0 Å². The standard InChI is InChI=1S/C15H20N2S2/c1-3-17(8-11(2)15(16)18)9-12-10-19-14-7-5-4-6-13(12)14/h4-7,10-11H,3,8-9H2,1-2H3,(H2,16,18). The first-order chi connectivity index (χ1) is 9.11. The first-order valence-corrected chi connectivity index (χ1v) is 7.87. The fourth-order valence-corrected chi connectivity index (χ4v) is 3.21. The second kappa shape index (κ2) is 6.46. The molecule has 0 fully saturated rings. The van der Waals surface area contributed by atoms with Gasteiger partial charge in [0.1, 0.15) is 0 Å². The van der Waals surface area contributed by atoms with E-state index in [1.54, 1.807) is 0 Å². The average Bonchev–Trinajstić information content (AvgIpc) is 2.81. The lowest BCUT2D eigenvalue weighted by Crippen LogP contribution is -2.33. The van der Waals surface area contributed by atoms with Crippen molar-refractivity contribution >= 4 is 38.6 Å². The minimum absolute atomic E-state index is 0.264. The molecule has 0 aliphatic rings. The van der Waals surface area contributed by atoms with E-state index in [-0.39, 0.29) is 5.92 Å². The lowest BCUT2D eigenvalue weighted by molar-refractivity contribution is 0.265. The highest BCUT2D eigenvalue weighted by Crippen LogP contribution is 2.26. The van der Waals surface area contributed by atoms with Crippen molar-refractivity contribution in [1.82, 2.24) is 4.90 Å². The first kappa shape index (κ1) is 14.4. The maximum atomic E-state index is 5.71. The number of fused-ring (bicyclic) bond motifs is 1. The Kier molecular flexibility index (Phi) is 4.91. The summed E-state index contributed by atoms with van der Waals surface area (Å²) in [6.45, 7) is 7.18. The highest BCUT2D eigenvalue weighted by molar-refractivity contribution is 7.80. The molecular formula is C15H20N2S2. The van der Waals surface area contributed by atoms with Crippen LogP contribution in [0.3, 0.4) is 0 Å². The molecule has 19 heavy (non-hydrogen) atoms. The molecule has 2 N–H and O–H groups in total. The van der Waals surface area contributed by atoms with E-state index >= 15 is 0 Å². The van der Waals surface area contributed by atoms with Crippen LogP contribution in [0, 0.1) is 5.92 Å². The van der Waals surface area contributed by atoms with Crippen LogP contribution in [0.2, 0.25) is 0 Å². The average molecular weight is 292 g/mol. The molecule has 2 nitrogen and oxygen atoms in total. The summed E-state index contributed by atoms with van der Waals surface area (Å²) < 4.78 is 1.36. The van der Waals surface area contributed by atoms with E-state index in [0.717, 1.165) is 19.6 Å². The van der Waals surface area contributed by atoms with E-state index in [2.05, 4.69) is 48.4 Å². The summed E-state index contributed by atoms with van der Waals surface area (Å²) in [5.74, 6) is 0.264. The van der Waals surface area contributed by atoms with Crippen molar-refractivity contribution in [3.63, 3.8) is 0 Å². The Morgan fingerprint density at radius 3 is 2.84 bits per heavy atom. The number of benzene rings is 1. The number of rotatable bonds is 6. The fourth-order valence-electron chi connectivity index (χ4n) is 2.18. The monoisotopic (exact) mass is 292 g/mol. The smallest absolute Gasteiger partial charge is 0.0768 e. The molecule has 0 amide bonds. The Morgan fingerprint density at radius 2 is 2.16 bits per heavy atom. The van der Waals surface area contributed by atoms with Gasteiger partial charge in [0, 0.05) is 23.7 Å². The Balaban J connectivity index is 2.12. The van der Waals surface area contributed by atoms with E-state index < -0.39 is 0 Å². The van der Waals surface area contributed by atoms with Crippen LogP contribution >= 0.6 is 23.6 Å². The Labute approximate surface area is 124 Å². The first-order valence-electron chi connectivity index (χ1n) is 6.58. The van der Waals surface area contributed by atoms with Crippen molar-refractivity contribution < 1.29 is 0 Å². The van der Waals surface area contributed by atoms with Crippen LogP contribution in [-0.2, 0) is 6.54 Å². The third-order valence-electron chi connectivity index (χ3n) is 3.42. The lowest BCUT2D eigenvalue weighted by Gasteiger charge is -2.23. The molecule has 0 saturated heterocycles. The molecule has 0 saturated carbocycles. The van der Waals surface area contributed by atoms with Crippen molar-refractivity contribution in [2.45, 2.75) is 20.4 Å². The van der Waals surface area contributed by atoms with E-state index in [0.29, 0.717) is 4.99 Å². The minimum atomic E-state index is 0.264. The highest BCUT2D eigenvalue weighted by Gasteiger charge is 2.13. The van der Waals surface area contributed by atoms with Crippen molar-refractivity contribution in [1.29, 1.82) is 0 Å². The molecule has 4 heteroatoms. The van der Waals surface area contributed by atoms with Gasteiger partial charge in [-0.15, -0.1) is 11.3 Å². The second-order valence-electron chi connectivity index (χ2n) is 4.89. The molecule has 102 valence electrons. The van der Waals surface area contributed by atoms with Crippen molar-refractivity contribution in [3.05, 3.63) is 35.2 Å². The van der Waals surface area contributed by atoms with Crippen LogP contribution in [0.5, 0.6) is 0 Å². The van der Waals surface area contributed by atoms with Crippen LogP contribution in [0.1, 0.15) is 19.4 Å². The lowest BCUT2D eigenvalue weighted by atomic mass is 10.1. The molecule has 1 unspecified atom stereocenters. The van der Waals surface area contributed by atoms with Gasteiger partial charge >= 0.3 is 0 Å². The van der Waals surface area contributed by atoms with Gasteiger partial charge in [-0.25, -0.2) is 0 Å². The molecule has 2 rings (SSSR count). The maximum Gasteiger partial charge on any atom is 0.0768 e. The number of thiophene rings is 1. The van der Waals surface area contributed by atoms with Crippen molar-refractivity contribution in [2.75, 3.05) is 13.1 Å². The molecule has 0 bridgehead atoms. The summed E-state index contributed by atoms with van der Waals surface area (Å²) in [6, 6.07) is 8.57. The predicted octanol–water partition coefficient (Wildman–Crippen LogP) is 3.65. The van der Waals surface area contributed by atoms with Gasteiger partial charge in [0.05, 0.1) is 4.99 Å². The highest BCUT2D eigenvalue weighted by atomic mass is 32.1.